The first-order chi connectivity index (χ1) is 18.8. The number of halogens is 1. The molecule has 2 aromatic rings. The van der Waals surface area contributed by atoms with Gasteiger partial charge in [0.25, 0.3) is 0 Å². The summed E-state index contributed by atoms with van der Waals surface area (Å²) in [6, 6.07) is 8.02. The van der Waals surface area contributed by atoms with Crippen LogP contribution in [0.3, 0.4) is 0 Å². The van der Waals surface area contributed by atoms with Crippen LogP contribution < -0.4 is 0 Å². The van der Waals surface area contributed by atoms with Crippen molar-refractivity contribution >= 4 is 5.97 Å². The fourth-order valence-corrected chi connectivity index (χ4v) is 6.36. The molecule has 39 heavy (non-hydrogen) atoms. The molecule has 1 aromatic heterocycles. The van der Waals surface area contributed by atoms with Gasteiger partial charge >= 0.3 is 5.97 Å². The number of rotatable bonds is 10. The Morgan fingerprint density at radius 2 is 2.05 bits per heavy atom. The van der Waals surface area contributed by atoms with Crippen LogP contribution in [0.4, 0.5) is 4.39 Å². The summed E-state index contributed by atoms with van der Waals surface area (Å²) >= 11 is 0. The maximum absolute atomic E-state index is 14.4. The summed E-state index contributed by atoms with van der Waals surface area (Å²) in [4.78, 5) is 19.3. The Bertz CT molecular complexity index is 1140. The number of carboxylic acids is 1. The van der Waals surface area contributed by atoms with Crippen molar-refractivity contribution in [3.05, 3.63) is 64.2 Å². The highest BCUT2D eigenvalue weighted by Gasteiger charge is 2.38. The molecule has 1 N–H and O–H groups in total. The summed E-state index contributed by atoms with van der Waals surface area (Å²) in [7, 11) is 0. The van der Waals surface area contributed by atoms with Gasteiger partial charge in [-0.25, -0.2) is 4.39 Å². The third kappa shape index (κ3) is 7.05. The number of carboxylic acid groups (broad SMARTS) is 1. The molecule has 0 spiro atoms. The van der Waals surface area contributed by atoms with E-state index in [2.05, 4.69) is 26.0 Å². The second kappa shape index (κ2) is 12.4. The molecule has 3 aliphatic rings. The average molecular weight is 539 g/mol. The van der Waals surface area contributed by atoms with Gasteiger partial charge in [0.2, 0.25) is 0 Å². The van der Waals surface area contributed by atoms with Gasteiger partial charge in [0.05, 0.1) is 18.8 Å². The number of ether oxygens (including phenoxy) is 2. The van der Waals surface area contributed by atoms with E-state index in [0.717, 1.165) is 56.9 Å². The monoisotopic (exact) mass is 538 g/mol. The molecule has 3 atom stereocenters. The second-order valence-electron chi connectivity index (χ2n) is 12.4. The van der Waals surface area contributed by atoms with Crippen molar-refractivity contribution in [3.8, 4) is 0 Å². The van der Waals surface area contributed by atoms with Crippen molar-refractivity contribution < 1.29 is 23.8 Å². The molecule has 2 unspecified atom stereocenters. The van der Waals surface area contributed by atoms with Crippen LogP contribution in [0.5, 0.6) is 0 Å². The fourth-order valence-electron chi connectivity index (χ4n) is 6.36. The van der Waals surface area contributed by atoms with Crippen molar-refractivity contribution in [1.29, 1.82) is 0 Å². The Balaban J connectivity index is 1.14. The Hall–Kier alpha value is -2.35. The van der Waals surface area contributed by atoms with Crippen molar-refractivity contribution in [1.82, 2.24) is 9.88 Å². The molecule has 0 radical (unpaired) electrons. The first kappa shape index (κ1) is 28.2. The predicted octanol–water partition coefficient (Wildman–Crippen LogP) is 6.22. The maximum Gasteiger partial charge on any atom is 0.325 e. The van der Waals surface area contributed by atoms with Crippen molar-refractivity contribution in [2.24, 2.45) is 5.41 Å². The predicted molar refractivity (Wildman–Crippen MR) is 148 cm³/mol. The molecule has 2 saturated heterocycles. The lowest BCUT2D eigenvalue weighted by atomic mass is 9.82. The number of aromatic nitrogens is 1. The van der Waals surface area contributed by atoms with Gasteiger partial charge in [-0.2, -0.15) is 0 Å². The summed E-state index contributed by atoms with van der Waals surface area (Å²) in [6.07, 6.45) is 10.0. The molecule has 212 valence electrons. The molecule has 7 heteroatoms. The molecule has 0 saturated carbocycles. The quantitative estimate of drug-likeness (QED) is 0.362. The largest absolute Gasteiger partial charge is 0.480 e. The van der Waals surface area contributed by atoms with Crippen LogP contribution in [0.15, 0.2) is 30.3 Å². The lowest BCUT2D eigenvalue weighted by Gasteiger charge is -2.36. The van der Waals surface area contributed by atoms with E-state index in [4.69, 9.17) is 14.5 Å². The second-order valence-corrected chi connectivity index (χ2v) is 12.4. The van der Waals surface area contributed by atoms with Crippen LogP contribution in [-0.4, -0.2) is 53.4 Å². The molecule has 5 rings (SSSR count). The van der Waals surface area contributed by atoms with E-state index in [9.17, 15) is 14.3 Å². The number of unbranched alkanes of at least 4 members (excludes halogenated alkanes) is 1. The van der Waals surface area contributed by atoms with Crippen molar-refractivity contribution in [2.75, 3.05) is 26.3 Å². The summed E-state index contributed by atoms with van der Waals surface area (Å²) < 4.78 is 26.7. The summed E-state index contributed by atoms with van der Waals surface area (Å²) in [5.74, 6) is -1.38. The molecule has 2 aliphatic heterocycles. The molecule has 1 aromatic carbocycles. The Labute approximate surface area is 231 Å². The van der Waals surface area contributed by atoms with Gasteiger partial charge in [0.15, 0.2) is 0 Å². The van der Waals surface area contributed by atoms with E-state index in [0.29, 0.717) is 31.9 Å². The fraction of sp³-hybridized carbons (Fsp3) is 0.625. The van der Waals surface area contributed by atoms with Gasteiger partial charge in [0, 0.05) is 31.1 Å². The standard InChI is InChI=1S/C32H43FN2O4/c1-32(2)16-14-29(39-21-32)26-13-11-23(33)19-27(26)30(31(36)37)35-17-15-25(20-35)38-18-6-5-8-24-12-10-22-7-3-4-9-28(22)34-24/h10-13,19,25,29-30H,3-9,14-18,20-21H2,1-2H3,(H,36,37)/t25-,29?,30?/m1/s1. The number of hydrogen-bond donors (Lipinski definition) is 1. The van der Waals surface area contributed by atoms with Crippen molar-refractivity contribution in [3.63, 3.8) is 0 Å². The minimum absolute atomic E-state index is 0.0162. The van der Waals surface area contributed by atoms with E-state index in [1.54, 1.807) is 6.07 Å². The zero-order valence-electron chi connectivity index (χ0n) is 23.5. The molecular formula is C32H43FN2O4. The normalized spacial score (nSPS) is 23.9. The third-order valence-corrected chi connectivity index (χ3v) is 8.64. The average Bonchev–Trinajstić information content (AvgIpc) is 3.37. The molecular weight excluding hydrogens is 495 g/mol. The number of carbonyl (C=O) groups is 1. The number of pyridine rings is 1. The van der Waals surface area contributed by atoms with Crippen LogP contribution in [0.1, 0.15) is 99.0 Å². The lowest BCUT2D eigenvalue weighted by Crippen LogP contribution is -2.35. The molecule has 2 fully saturated rings. The Kier molecular flexibility index (Phi) is 8.99. The van der Waals surface area contributed by atoms with Gasteiger partial charge in [-0.05, 0) is 105 Å². The van der Waals surface area contributed by atoms with E-state index in [-0.39, 0.29) is 17.6 Å². The zero-order valence-corrected chi connectivity index (χ0v) is 23.5. The molecule has 6 nitrogen and oxygen atoms in total. The maximum atomic E-state index is 14.4. The number of nitrogens with zero attached hydrogens (tertiary/aromatic N) is 2. The van der Waals surface area contributed by atoms with Gasteiger partial charge in [-0.1, -0.05) is 26.0 Å². The van der Waals surface area contributed by atoms with E-state index < -0.39 is 17.8 Å². The molecule has 3 heterocycles. The van der Waals surface area contributed by atoms with Crippen LogP contribution in [0, 0.1) is 11.2 Å². The number of likely N-dealkylation sites (tertiary alicyclic amines) is 1. The SMILES string of the molecule is CC1(C)CCC(c2ccc(F)cc2C(C(=O)O)N2CC[C@@H](OCCCCc3ccc4c(n3)CCCC4)C2)OC1. The number of fused-ring (bicyclic) bond motifs is 1. The number of benzene rings is 1. The first-order valence-corrected chi connectivity index (χ1v) is 14.8. The number of aryl methyl sites for hydroxylation is 3. The Morgan fingerprint density at radius 1 is 1.21 bits per heavy atom. The number of hydrogen-bond acceptors (Lipinski definition) is 5. The minimum Gasteiger partial charge on any atom is -0.480 e. The zero-order chi connectivity index (χ0) is 27.4. The third-order valence-electron chi connectivity index (χ3n) is 8.64. The van der Waals surface area contributed by atoms with Crippen LogP contribution >= 0.6 is 0 Å². The van der Waals surface area contributed by atoms with Crippen LogP contribution in [0.2, 0.25) is 0 Å². The van der Waals surface area contributed by atoms with Crippen LogP contribution in [-0.2, 0) is 33.5 Å². The lowest BCUT2D eigenvalue weighted by molar-refractivity contribution is -0.143. The van der Waals surface area contributed by atoms with E-state index in [1.807, 2.05) is 4.90 Å². The van der Waals surface area contributed by atoms with E-state index >= 15 is 0 Å². The summed E-state index contributed by atoms with van der Waals surface area (Å²) in [6.45, 7) is 6.73. The Morgan fingerprint density at radius 3 is 2.85 bits per heavy atom. The summed E-state index contributed by atoms with van der Waals surface area (Å²) in [5, 5.41) is 10.2. The first-order valence-electron chi connectivity index (χ1n) is 14.8. The minimum atomic E-state index is -0.962. The van der Waals surface area contributed by atoms with Gasteiger partial charge < -0.3 is 14.6 Å². The molecule has 0 bridgehead atoms. The van der Waals surface area contributed by atoms with Gasteiger partial charge in [-0.3, -0.25) is 14.7 Å². The van der Waals surface area contributed by atoms with Crippen LogP contribution in [0.25, 0.3) is 0 Å². The van der Waals surface area contributed by atoms with Gasteiger partial charge in [-0.15, -0.1) is 0 Å². The summed E-state index contributed by atoms with van der Waals surface area (Å²) in [5.41, 5.74) is 5.27. The number of aliphatic carboxylic acids is 1. The smallest absolute Gasteiger partial charge is 0.325 e. The molecule has 1 aliphatic carbocycles. The van der Waals surface area contributed by atoms with E-state index in [1.165, 1.54) is 41.9 Å². The topological polar surface area (TPSA) is 71.9 Å². The van der Waals surface area contributed by atoms with Crippen molar-refractivity contribution in [2.45, 2.75) is 96.3 Å². The highest BCUT2D eigenvalue weighted by atomic mass is 19.1. The van der Waals surface area contributed by atoms with Gasteiger partial charge in [0.1, 0.15) is 11.9 Å². The molecule has 0 amide bonds. The highest BCUT2D eigenvalue weighted by Crippen LogP contribution is 2.41. The highest BCUT2D eigenvalue weighted by molar-refractivity contribution is 5.76.